The Kier molecular flexibility index (Phi) is 7.49. The molecular formula is C21H26O13. The maximum Gasteiger partial charge on any atom is 0.336 e. The van der Waals surface area contributed by atoms with Gasteiger partial charge in [-0.3, -0.25) is 0 Å². The molecule has 0 bridgehead atoms. The Bertz CT molecular complexity index is 1030. The molecule has 2 fully saturated rings. The van der Waals surface area contributed by atoms with Crippen LogP contribution in [0.2, 0.25) is 0 Å². The van der Waals surface area contributed by atoms with Crippen molar-refractivity contribution in [2.24, 2.45) is 0 Å². The number of hydrogen-bond donors (Lipinski definition) is 7. The molecule has 0 aliphatic carbocycles. The Balaban J connectivity index is 1.60. The van der Waals surface area contributed by atoms with Gasteiger partial charge in [-0.2, -0.15) is 0 Å². The van der Waals surface area contributed by atoms with Crippen LogP contribution in [0.5, 0.6) is 5.75 Å². The highest BCUT2D eigenvalue weighted by Gasteiger charge is 2.51. The highest BCUT2D eigenvalue weighted by atomic mass is 16.8. The fourth-order valence-electron chi connectivity index (χ4n) is 3.88. The molecule has 0 amide bonds. The first-order chi connectivity index (χ1) is 16.2. The van der Waals surface area contributed by atoms with Crippen molar-refractivity contribution in [3.63, 3.8) is 0 Å². The summed E-state index contributed by atoms with van der Waals surface area (Å²) in [5, 5.41) is 70.7. The van der Waals surface area contributed by atoms with Gasteiger partial charge >= 0.3 is 5.63 Å². The molecule has 7 N–H and O–H groups in total. The van der Waals surface area contributed by atoms with Gasteiger partial charge in [0.15, 0.2) is 12.4 Å². The lowest BCUT2D eigenvalue weighted by molar-refractivity contribution is -0.357. The lowest BCUT2D eigenvalue weighted by atomic mass is 9.97. The van der Waals surface area contributed by atoms with Gasteiger partial charge in [-0.25, -0.2) is 4.79 Å². The second kappa shape index (κ2) is 10.2. The molecule has 2 aromatic rings. The fraction of sp³-hybridized carbons (Fsp3) is 0.571. The van der Waals surface area contributed by atoms with Crippen molar-refractivity contribution in [1.29, 1.82) is 0 Å². The summed E-state index contributed by atoms with van der Waals surface area (Å²) in [4.78, 5) is 11.5. The van der Waals surface area contributed by atoms with E-state index < -0.39 is 80.3 Å². The second-order valence-corrected chi connectivity index (χ2v) is 8.08. The first-order valence-electron chi connectivity index (χ1n) is 10.5. The van der Waals surface area contributed by atoms with E-state index in [1.807, 2.05) is 0 Å². The zero-order valence-electron chi connectivity index (χ0n) is 17.7. The van der Waals surface area contributed by atoms with Gasteiger partial charge < -0.3 is 59.1 Å². The van der Waals surface area contributed by atoms with Gasteiger partial charge in [-0.15, -0.1) is 0 Å². The number of ether oxygens (including phenoxy) is 4. The number of hydrogen-bond acceptors (Lipinski definition) is 13. The molecule has 0 saturated carbocycles. The molecule has 2 aliphatic rings. The van der Waals surface area contributed by atoms with E-state index in [4.69, 9.17) is 23.4 Å². The Morgan fingerprint density at radius 1 is 0.765 bits per heavy atom. The SMILES string of the molecule is O=c1ccc2ccc(O[C@@H]3O[C@H](CO)[C@@H](O)[C@H](O)[C@H]3O[C@H]3O[C@H](CO)[C@@H](O)[C@H](O)[C@H]3O)cc2o1. The number of benzene rings is 1. The maximum absolute atomic E-state index is 11.5. The van der Waals surface area contributed by atoms with Gasteiger partial charge in [0, 0.05) is 17.5 Å². The molecule has 13 nitrogen and oxygen atoms in total. The smallest absolute Gasteiger partial charge is 0.336 e. The first kappa shape index (κ1) is 24.9. The Morgan fingerprint density at radius 2 is 1.38 bits per heavy atom. The van der Waals surface area contributed by atoms with Crippen LogP contribution >= 0.6 is 0 Å². The summed E-state index contributed by atoms with van der Waals surface area (Å²) in [5.41, 5.74) is -0.382. The van der Waals surface area contributed by atoms with E-state index in [0.717, 1.165) is 0 Å². The lowest BCUT2D eigenvalue weighted by Gasteiger charge is -2.45. The highest BCUT2D eigenvalue weighted by molar-refractivity contribution is 5.77. The normalized spacial score (nSPS) is 38.7. The molecule has 10 atom stereocenters. The summed E-state index contributed by atoms with van der Waals surface area (Å²) in [6.07, 6.45) is -15.7. The lowest BCUT2D eigenvalue weighted by Crippen LogP contribution is -2.65. The summed E-state index contributed by atoms with van der Waals surface area (Å²) in [6, 6.07) is 7.30. The minimum atomic E-state index is -1.78. The summed E-state index contributed by atoms with van der Waals surface area (Å²) >= 11 is 0. The minimum Gasteiger partial charge on any atom is -0.462 e. The standard InChI is InChI=1S/C21H26O13/c22-6-11-14(25)16(27)18(29)20(32-11)34-19-17(28)15(26)12(7-23)33-21(19)30-9-3-1-8-2-4-13(24)31-10(8)5-9/h1-5,11-12,14-23,25-29H,6-7H2/t11-,12-,14-,15-,16+,17+,18-,19-,20-,21-/m1/s1. The van der Waals surface area contributed by atoms with E-state index >= 15 is 0 Å². The molecule has 4 rings (SSSR count). The largest absolute Gasteiger partial charge is 0.462 e. The van der Waals surface area contributed by atoms with Gasteiger partial charge in [0.25, 0.3) is 0 Å². The van der Waals surface area contributed by atoms with Crippen LogP contribution < -0.4 is 10.4 Å². The van der Waals surface area contributed by atoms with Crippen LogP contribution in [0.3, 0.4) is 0 Å². The number of fused-ring (bicyclic) bond motifs is 1. The molecule has 188 valence electrons. The predicted octanol–water partition coefficient (Wildman–Crippen LogP) is -3.20. The van der Waals surface area contributed by atoms with Crippen molar-refractivity contribution in [3.8, 4) is 5.75 Å². The van der Waals surface area contributed by atoms with Gasteiger partial charge in [0.1, 0.15) is 54.1 Å². The van der Waals surface area contributed by atoms with Crippen molar-refractivity contribution in [3.05, 3.63) is 40.8 Å². The molecule has 1 aromatic heterocycles. The quantitative estimate of drug-likeness (QED) is 0.201. The van der Waals surface area contributed by atoms with Crippen molar-refractivity contribution < 1.29 is 59.1 Å². The van der Waals surface area contributed by atoms with E-state index in [1.54, 1.807) is 12.1 Å². The van der Waals surface area contributed by atoms with Crippen molar-refractivity contribution in [2.75, 3.05) is 13.2 Å². The summed E-state index contributed by atoms with van der Waals surface area (Å²) in [6.45, 7) is -1.37. The Morgan fingerprint density at radius 3 is 2.06 bits per heavy atom. The van der Waals surface area contributed by atoms with Crippen LogP contribution in [0.1, 0.15) is 0 Å². The molecule has 1 aromatic carbocycles. The van der Waals surface area contributed by atoms with E-state index in [2.05, 4.69) is 0 Å². The fourth-order valence-corrected chi connectivity index (χ4v) is 3.88. The Labute approximate surface area is 191 Å². The summed E-state index contributed by atoms with van der Waals surface area (Å²) in [7, 11) is 0. The molecule has 3 heterocycles. The van der Waals surface area contributed by atoms with Crippen LogP contribution in [0, 0.1) is 0 Å². The zero-order chi connectivity index (χ0) is 24.6. The third kappa shape index (κ3) is 4.81. The zero-order valence-corrected chi connectivity index (χ0v) is 17.7. The van der Waals surface area contributed by atoms with E-state index in [-0.39, 0.29) is 11.3 Å². The monoisotopic (exact) mass is 486 g/mol. The van der Waals surface area contributed by atoms with Crippen LogP contribution in [-0.4, -0.2) is 110 Å². The van der Waals surface area contributed by atoms with E-state index in [0.29, 0.717) is 5.39 Å². The van der Waals surface area contributed by atoms with Crippen molar-refractivity contribution in [1.82, 2.24) is 0 Å². The van der Waals surface area contributed by atoms with Crippen molar-refractivity contribution >= 4 is 11.0 Å². The van der Waals surface area contributed by atoms with Gasteiger partial charge in [0.05, 0.1) is 13.2 Å². The summed E-state index contributed by atoms with van der Waals surface area (Å²) in [5.74, 6) is 0.120. The predicted molar refractivity (Wildman–Crippen MR) is 110 cm³/mol. The minimum absolute atomic E-state index is 0.120. The van der Waals surface area contributed by atoms with Crippen LogP contribution in [0.25, 0.3) is 11.0 Å². The van der Waals surface area contributed by atoms with Crippen molar-refractivity contribution in [2.45, 2.75) is 61.4 Å². The molecule has 34 heavy (non-hydrogen) atoms. The number of rotatable bonds is 6. The number of aliphatic hydroxyl groups is 7. The molecule has 0 radical (unpaired) electrons. The van der Waals surface area contributed by atoms with Gasteiger partial charge in [-0.05, 0) is 18.2 Å². The second-order valence-electron chi connectivity index (χ2n) is 8.08. The first-order valence-corrected chi connectivity index (χ1v) is 10.5. The van der Waals surface area contributed by atoms with Crippen LogP contribution in [0.4, 0.5) is 0 Å². The summed E-state index contributed by atoms with van der Waals surface area (Å²) < 4.78 is 27.3. The topological polar surface area (TPSA) is 209 Å². The van der Waals surface area contributed by atoms with Gasteiger partial charge in [0.2, 0.25) is 6.29 Å². The molecule has 13 heteroatoms. The molecule has 2 aliphatic heterocycles. The van der Waals surface area contributed by atoms with Crippen LogP contribution in [-0.2, 0) is 14.2 Å². The van der Waals surface area contributed by atoms with E-state index in [1.165, 1.54) is 18.2 Å². The molecule has 0 spiro atoms. The third-order valence-electron chi connectivity index (χ3n) is 5.81. The van der Waals surface area contributed by atoms with Crippen LogP contribution in [0.15, 0.2) is 39.5 Å². The highest BCUT2D eigenvalue weighted by Crippen LogP contribution is 2.31. The number of aliphatic hydroxyl groups excluding tert-OH is 7. The Hall–Kier alpha value is -2.17. The molecular weight excluding hydrogens is 460 g/mol. The maximum atomic E-state index is 11.5. The van der Waals surface area contributed by atoms with E-state index in [9.17, 15) is 40.5 Å². The van der Waals surface area contributed by atoms with Gasteiger partial charge in [-0.1, -0.05) is 0 Å². The average Bonchev–Trinajstić information content (AvgIpc) is 2.83. The molecule has 2 saturated heterocycles. The average molecular weight is 486 g/mol. The third-order valence-corrected chi connectivity index (χ3v) is 5.81. The molecule has 0 unspecified atom stereocenters.